The maximum Gasteiger partial charge on any atom is 0.151 e. The lowest BCUT2D eigenvalue weighted by molar-refractivity contribution is 0.187. The van der Waals surface area contributed by atoms with Gasteiger partial charge in [-0.05, 0) is 41.9 Å². The number of nitrogens with zero attached hydrogens (tertiary/aromatic N) is 2. The van der Waals surface area contributed by atoms with Crippen LogP contribution in [0.2, 0.25) is 0 Å². The number of rotatable bonds is 2. The fraction of sp³-hybridized carbons (Fsp3) is 0.273. The van der Waals surface area contributed by atoms with Crippen molar-refractivity contribution < 1.29 is 9.52 Å². The summed E-state index contributed by atoms with van der Waals surface area (Å²) in [4.78, 5) is 0. The van der Waals surface area contributed by atoms with Crippen LogP contribution in [0.25, 0.3) is 0 Å². The summed E-state index contributed by atoms with van der Waals surface area (Å²) in [5.74, 6) is 0.482. The summed E-state index contributed by atoms with van der Waals surface area (Å²) in [5.41, 5.74) is 2.17. The van der Waals surface area contributed by atoms with E-state index in [9.17, 15) is 5.11 Å². The Morgan fingerprint density at radius 2 is 2.12 bits per heavy atom. The number of aryl methyl sites for hydroxylation is 2. The second-order valence-electron chi connectivity index (χ2n) is 3.56. The van der Waals surface area contributed by atoms with Crippen molar-refractivity contribution in [3.05, 3.63) is 45.6 Å². The van der Waals surface area contributed by atoms with E-state index in [0.29, 0.717) is 17.0 Å². The number of halogens is 1. The van der Waals surface area contributed by atoms with Crippen LogP contribution in [0.3, 0.4) is 0 Å². The average Bonchev–Trinajstić information content (AvgIpc) is 2.67. The van der Waals surface area contributed by atoms with Gasteiger partial charge in [0, 0.05) is 5.56 Å². The van der Waals surface area contributed by atoms with Gasteiger partial charge >= 0.3 is 0 Å². The summed E-state index contributed by atoms with van der Waals surface area (Å²) in [6.07, 6.45) is 0.706. The van der Waals surface area contributed by atoms with Gasteiger partial charge in [0.05, 0.1) is 22.1 Å². The molecule has 1 unspecified atom stereocenters. The van der Waals surface area contributed by atoms with Gasteiger partial charge in [0.1, 0.15) is 6.10 Å². The number of aliphatic hydroxyl groups excluding tert-OH is 1. The van der Waals surface area contributed by atoms with E-state index in [1.165, 1.54) is 6.26 Å². The van der Waals surface area contributed by atoms with E-state index in [4.69, 9.17) is 4.42 Å². The van der Waals surface area contributed by atoms with Gasteiger partial charge < -0.3 is 9.52 Å². The third kappa shape index (κ3) is 2.01. The first kappa shape index (κ1) is 11.3. The van der Waals surface area contributed by atoms with Crippen LogP contribution in [0.15, 0.2) is 27.3 Å². The molecule has 1 N–H and O–H groups in total. The normalized spacial score (nSPS) is 12.8. The van der Waals surface area contributed by atoms with E-state index in [0.717, 1.165) is 10.2 Å². The fourth-order valence-corrected chi connectivity index (χ4v) is 1.91. The molecule has 2 aromatic rings. The first-order valence-corrected chi connectivity index (χ1v) is 5.60. The Morgan fingerprint density at radius 3 is 2.75 bits per heavy atom. The molecule has 2 heterocycles. The number of hydrogen-bond acceptors (Lipinski definition) is 4. The lowest BCUT2D eigenvalue weighted by atomic mass is 10.1. The molecule has 2 rings (SSSR count). The molecule has 1 atom stereocenters. The topological polar surface area (TPSA) is 59.2 Å². The maximum atomic E-state index is 10.2. The van der Waals surface area contributed by atoms with E-state index >= 15 is 0 Å². The first-order chi connectivity index (χ1) is 7.59. The molecule has 0 aromatic carbocycles. The van der Waals surface area contributed by atoms with E-state index in [2.05, 4.69) is 26.1 Å². The minimum absolute atomic E-state index is 0.482. The van der Waals surface area contributed by atoms with Gasteiger partial charge in [-0.25, -0.2) is 0 Å². The van der Waals surface area contributed by atoms with E-state index in [1.54, 1.807) is 6.07 Å². The molecule has 0 aliphatic carbocycles. The summed E-state index contributed by atoms with van der Waals surface area (Å²) in [7, 11) is 0. The summed E-state index contributed by atoms with van der Waals surface area (Å²) >= 11 is 3.32. The van der Waals surface area contributed by atoms with Gasteiger partial charge in [0.15, 0.2) is 5.76 Å². The fourth-order valence-electron chi connectivity index (χ4n) is 1.49. The summed E-state index contributed by atoms with van der Waals surface area (Å²) in [6.45, 7) is 3.64. The summed E-state index contributed by atoms with van der Waals surface area (Å²) < 4.78 is 5.97. The summed E-state index contributed by atoms with van der Waals surface area (Å²) in [5, 5.41) is 18.1. The van der Waals surface area contributed by atoms with Crippen LogP contribution >= 0.6 is 15.9 Å². The highest BCUT2D eigenvalue weighted by atomic mass is 79.9. The molecule has 0 spiro atoms. The van der Waals surface area contributed by atoms with Gasteiger partial charge in [0.2, 0.25) is 0 Å². The van der Waals surface area contributed by atoms with Crippen LogP contribution in [0, 0.1) is 13.8 Å². The Balaban J connectivity index is 2.45. The number of furan rings is 1. The molecular weight excluding hydrogens is 272 g/mol. The monoisotopic (exact) mass is 282 g/mol. The van der Waals surface area contributed by atoms with Crippen molar-refractivity contribution in [2.75, 3.05) is 0 Å². The highest BCUT2D eigenvalue weighted by Gasteiger charge is 2.19. The van der Waals surface area contributed by atoms with E-state index < -0.39 is 6.10 Å². The van der Waals surface area contributed by atoms with E-state index in [1.807, 2.05) is 19.9 Å². The van der Waals surface area contributed by atoms with Crippen LogP contribution < -0.4 is 0 Å². The van der Waals surface area contributed by atoms with Gasteiger partial charge in [-0.15, -0.1) is 0 Å². The molecule has 5 heteroatoms. The Morgan fingerprint density at radius 1 is 1.38 bits per heavy atom. The Kier molecular flexibility index (Phi) is 3.07. The van der Waals surface area contributed by atoms with Crippen LogP contribution in [-0.4, -0.2) is 15.3 Å². The van der Waals surface area contributed by atoms with Crippen LogP contribution in [0.4, 0.5) is 0 Å². The molecule has 0 saturated heterocycles. The summed E-state index contributed by atoms with van der Waals surface area (Å²) in [6, 6.07) is 3.55. The zero-order valence-corrected chi connectivity index (χ0v) is 10.5. The standard InChI is InChI=1S/C11H11BrN2O2/c1-6-5-8(7(2)14-13-6)10(15)11-9(12)3-4-16-11/h3-5,10,15H,1-2H3. The highest BCUT2D eigenvalue weighted by Crippen LogP contribution is 2.30. The van der Waals surface area contributed by atoms with E-state index in [-0.39, 0.29) is 0 Å². The predicted molar refractivity (Wildman–Crippen MR) is 62.0 cm³/mol. The molecule has 2 aromatic heterocycles. The third-order valence-electron chi connectivity index (χ3n) is 2.33. The quantitative estimate of drug-likeness (QED) is 0.920. The van der Waals surface area contributed by atoms with Gasteiger partial charge in [0.25, 0.3) is 0 Å². The van der Waals surface area contributed by atoms with Gasteiger partial charge in [-0.3, -0.25) is 0 Å². The van der Waals surface area contributed by atoms with Crippen molar-refractivity contribution in [2.24, 2.45) is 0 Å². The molecule has 84 valence electrons. The molecule has 0 aliphatic heterocycles. The molecule has 16 heavy (non-hydrogen) atoms. The molecule has 0 fully saturated rings. The minimum atomic E-state index is -0.821. The number of hydrogen-bond donors (Lipinski definition) is 1. The SMILES string of the molecule is Cc1cc(C(O)c2occc2Br)c(C)nn1. The van der Waals surface area contributed by atoms with Crippen molar-refractivity contribution in [1.29, 1.82) is 0 Å². The third-order valence-corrected chi connectivity index (χ3v) is 2.98. The molecule has 0 radical (unpaired) electrons. The minimum Gasteiger partial charge on any atom is -0.465 e. The zero-order chi connectivity index (χ0) is 11.7. The molecule has 0 amide bonds. The zero-order valence-electron chi connectivity index (χ0n) is 8.94. The lowest BCUT2D eigenvalue weighted by Gasteiger charge is -2.11. The Bertz CT molecular complexity index is 510. The maximum absolute atomic E-state index is 10.2. The van der Waals surface area contributed by atoms with Gasteiger partial charge in [-0.2, -0.15) is 10.2 Å². The van der Waals surface area contributed by atoms with Crippen molar-refractivity contribution in [2.45, 2.75) is 20.0 Å². The smallest absolute Gasteiger partial charge is 0.151 e. The lowest BCUT2D eigenvalue weighted by Crippen LogP contribution is -2.05. The van der Waals surface area contributed by atoms with Crippen molar-refractivity contribution >= 4 is 15.9 Å². The van der Waals surface area contributed by atoms with Crippen LogP contribution in [-0.2, 0) is 0 Å². The number of aromatic nitrogens is 2. The average molecular weight is 283 g/mol. The second kappa shape index (κ2) is 4.35. The highest BCUT2D eigenvalue weighted by molar-refractivity contribution is 9.10. The van der Waals surface area contributed by atoms with Crippen LogP contribution in [0.5, 0.6) is 0 Å². The first-order valence-electron chi connectivity index (χ1n) is 4.81. The predicted octanol–water partition coefficient (Wildman–Crippen LogP) is 2.53. The second-order valence-corrected chi connectivity index (χ2v) is 4.42. The van der Waals surface area contributed by atoms with Crippen molar-refractivity contribution in [3.8, 4) is 0 Å². The molecule has 0 saturated carbocycles. The van der Waals surface area contributed by atoms with Crippen molar-refractivity contribution in [1.82, 2.24) is 10.2 Å². The largest absolute Gasteiger partial charge is 0.465 e. The molecular formula is C11H11BrN2O2. The molecule has 0 aliphatic rings. The van der Waals surface area contributed by atoms with Crippen molar-refractivity contribution in [3.63, 3.8) is 0 Å². The molecule has 4 nitrogen and oxygen atoms in total. The number of aliphatic hydroxyl groups is 1. The Hall–Kier alpha value is -1.20. The molecule has 0 bridgehead atoms. The van der Waals surface area contributed by atoms with Gasteiger partial charge in [-0.1, -0.05) is 0 Å². The Labute approximate surface area is 101 Å². The van der Waals surface area contributed by atoms with Crippen LogP contribution in [0.1, 0.15) is 28.8 Å².